The molecule has 0 spiro atoms. The number of amides is 1. The summed E-state index contributed by atoms with van der Waals surface area (Å²) in [5.41, 5.74) is 5.06. The van der Waals surface area contributed by atoms with Gasteiger partial charge in [-0.1, -0.05) is 201 Å². The van der Waals surface area contributed by atoms with Gasteiger partial charge in [0.15, 0.2) is 81.1 Å². The smallest absolute Gasteiger partial charge is 0.412 e. The van der Waals surface area contributed by atoms with Gasteiger partial charge in [-0.25, -0.2) is 18.0 Å². The summed E-state index contributed by atoms with van der Waals surface area (Å²) in [6, 6.07) is 45.2. The number of benzene rings is 6. The molecule has 11 fully saturated rings. The lowest BCUT2D eigenvalue weighted by molar-refractivity contribution is -0.231. The third-order valence-electron chi connectivity index (χ3n) is 34.6. The molecule has 2 heterocycles. The van der Waals surface area contributed by atoms with Crippen molar-refractivity contribution in [2.45, 2.75) is 228 Å². The van der Waals surface area contributed by atoms with Crippen molar-refractivity contribution >= 4 is 101 Å². The number of anilines is 3. The summed E-state index contributed by atoms with van der Waals surface area (Å²) in [5, 5.41) is 88.6. The van der Waals surface area contributed by atoms with E-state index in [1.54, 1.807) is 58.0 Å². The van der Waals surface area contributed by atoms with Crippen LogP contribution < -0.4 is 16.8 Å². The van der Waals surface area contributed by atoms with Gasteiger partial charge in [0.2, 0.25) is 0 Å². The van der Waals surface area contributed by atoms with Crippen molar-refractivity contribution in [1.29, 1.82) is 0 Å². The first kappa shape index (κ1) is 100. The van der Waals surface area contributed by atoms with E-state index in [1.807, 2.05) is 198 Å². The lowest BCUT2D eigenvalue weighted by Crippen LogP contribution is -2.69. The molecule has 13 N–H and O–H groups in total. The van der Waals surface area contributed by atoms with Gasteiger partial charge < -0.3 is 76.0 Å². The number of allylic oxidation sites excluding steroid dienone is 12. The Labute approximate surface area is 811 Å². The van der Waals surface area contributed by atoms with Gasteiger partial charge in [-0.05, 0) is 243 Å². The van der Waals surface area contributed by atoms with Crippen LogP contribution in [0.1, 0.15) is 207 Å². The second kappa shape index (κ2) is 37.0. The van der Waals surface area contributed by atoms with Crippen LogP contribution in [0.25, 0.3) is 36.5 Å². The molecule has 6 aromatic rings. The maximum Gasteiger partial charge on any atom is 0.412 e. The van der Waals surface area contributed by atoms with Gasteiger partial charge in [-0.3, -0.25) is 38.9 Å². The maximum atomic E-state index is 17.5. The molecule has 14 aliphatic rings. The van der Waals surface area contributed by atoms with E-state index < -0.39 is 188 Å². The molecule has 6 aromatic carbocycles. The fraction of sp³-hybridized carbons (Fsp3) is 0.451. The Balaban J connectivity index is 0.000000133. The molecule has 20 rings (SSSR count). The highest BCUT2D eigenvalue weighted by Crippen LogP contribution is 2.76. The number of ether oxygens (including phenoxy) is 5. The second-order valence-corrected chi connectivity index (χ2v) is 42.9. The maximum absolute atomic E-state index is 17.5. The van der Waals surface area contributed by atoms with Gasteiger partial charge in [-0.15, -0.1) is 0 Å². The van der Waals surface area contributed by atoms with Crippen molar-refractivity contribution in [1.82, 2.24) is 0 Å². The molecule has 140 heavy (non-hydrogen) atoms. The Bertz CT molecular complexity index is 5980. The summed E-state index contributed by atoms with van der Waals surface area (Å²) in [7, 11) is 0. The number of aliphatic hydroxyl groups excluding tert-OH is 7. The van der Waals surface area contributed by atoms with Crippen LogP contribution in [0.3, 0.4) is 0 Å². The summed E-state index contributed by atoms with van der Waals surface area (Å²) in [4.78, 5) is 98.4. The number of halogens is 3. The van der Waals surface area contributed by atoms with Gasteiger partial charge in [-0.2, -0.15) is 0 Å². The number of fused-ring (bicyclic) bond motifs is 19. The molecule has 0 unspecified atom stereocenters. The molecule has 24 nitrogen and oxygen atoms in total. The molecule has 0 aromatic heterocycles. The van der Waals surface area contributed by atoms with Crippen molar-refractivity contribution in [2.75, 3.05) is 36.6 Å². The van der Waals surface area contributed by atoms with E-state index in [2.05, 4.69) is 5.32 Å². The molecule has 2 aliphatic heterocycles. The minimum absolute atomic E-state index is 0.0135. The predicted octanol–water partition coefficient (Wildman–Crippen LogP) is 15.9. The number of hydrogen-bond acceptors (Lipinski definition) is 23. The Kier molecular flexibility index (Phi) is 26.5. The highest BCUT2D eigenvalue weighted by atomic mass is 19.2. The average Bonchev–Trinajstić information content (AvgIpc) is 1.49. The topological polar surface area (TPSA) is 409 Å². The lowest BCUT2D eigenvalue weighted by atomic mass is 9.44. The summed E-state index contributed by atoms with van der Waals surface area (Å²) in [6.45, 7) is 13.6. The normalized spacial score (nSPS) is 38.0. The fourth-order valence-corrected chi connectivity index (χ4v) is 27.6. The number of aldehydes is 1. The number of nitrogens with one attached hydrogen (secondary N) is 1. The molecular weight excluding hydrogens is 1790 g/mol. The first-order chi connectivity index (χ1) is 66.2. The molecule has 1 amide bonds. The van der Waals surface area contributed by atoms with Crippen LogP contribution in [0.4, 0.5) is 35.0 Å². The van der Waals surface area contributed by atoms with E-state index in [9.17, 15) is 79.2 Å². The Morgan fingerprint density at radius 2 is 0.779 bits per heavy atom. The third-order valence-corrected chi connectivity index (χ3v) is 34.6. The third kappa shape index (κ3) is 16.1. The quantitative estimate of drug-likeness (QED) is 0.0243. The number of rotatable bonds is 16. The van der Waals surface area contributed by atoms with Gasteiger partial charge in [0.1, 0.15) is 31.7 Å². The van der Waals surface area contributed by atoms with Crippen molar-refractivity contribution in [3.8, 4) is 0 Å². The molecular formula is C113H124F3N3O21. The van der Waals surface area contributed by atoms with E-state index in [0.717, 1.165) is 50.8 Å². The van der Waals surface area contributed by atoms with E-state index in [0.29, 0.717) is 90.7 Å². The number of alkyl halides is 3. The molecule has 9 saturated carbocycles. The standard InChI is InChI=1S/2C36H38FNO6.C21H27FO6.C20H21NO3/c2*1-33-15-14-26(40)17-24(33)12-13-27-28-18-31-36(30(42)20-39,34(28,2)19-29(41)35(27,33)37)44-32(43-31)23-10-8-21(9-11-23)6-7-22-4-3-5-25(38)16-22;1-18-6-5-12(24)7-11(18)3-4-13-14-8-15(25)21(28,17(27)10-23)19(14,2)9-16(26)20(13,18)22;1-20(2,3)24-19(23)21-18-6-4-5-16(13-18)10-7-15-8-11-17(14-22)12-9-15/h2*3-11,14-17,27-29,31-32,39,41H,12-13,18-20,38H2,1-2H3;5-7,13-16,23,25-26,28H,3-4,8-10H2,1-2H3;4-14H,1-3H3,(H,21,23)/b2*7-6+;;10-7+/t27-,28-,29-,31+,32+,33-,34-,35-,36+;27-,28-,29-,31+,32-,33-,34-,35-,36+;13-,14-,15+,16-,18-,19-,20-,21-;/m000./s1. The number of hydrogen-bond donors (Lipinski definition) is 11. The van der Waals surface area contributed by atoms with Gasteiger partial charge in [0.05, 0.1) is 36.6 Å². The number of Topliss-reactive ketones (excluding diaryl/α,β-unsaturated/α-hetero) is 3. The average molecular weight is 1920 g/mol. The van der Waals surface area contributed by atoms with Gasteiger partial charge >= 0.3 is 6.09 Å². The van der Waals surface area contributed by atoms with E-state index >= 15 is 13.2 Å². The number of nitrogens with two attached hydrogens (primary N) is 2. The van der Waals surface area contributed by atoms with E-state index in [1.165, 1.54) is 42.5 Å². The first-order valence-corrected chi connectivity index (χ1v) is 48.3. The lowest BCUT2D eigenvalue weighted by Gasteiger charge is -2.62. The molecule has 12 aliphatic carbocycles. The Hall–Kier alpha value is -11.2. The molecule has 27 heteroatoms. The van der Waals surface area contributed by atoms with Crippen molar-refractivity contribution in [2.24, 2.45) is 68.0 Å². The molecule has 0 radical (unpaired) electrons. The Morgan fingerprint density at radius 3 is 1.14 bits per heavy atom. The second-order valence-electron chi connectivity index (χ2n) is 42.9. The number of ketones is 6. The highest BCUT2D eigenvalue weighted by Gasteiger charge is 2.83. The zero-order valence-electron chi connectivity index (χ0n) is 80.0. The molecule has 26 atom stereocenters. The fourth-order valence-electron chi connectivity index (χ4n) is 27.6. The van der Waals surface area contributed by atoms with Crippen LogP contribution in [-0.2, 0) is 52.5 Å². The predicted molar refractivity (Wildman–Crippen MR) is 521 cm³/mol. The number of carbonyl (C=O) groups excluding carboxylic acids is 8. The SMILES string of the molecule is CC(C)(C)OC(=O)Nc1cccc(/C=C/c2ccc(C=O)cc2)c1.C[C@]12C=CC(=O)C=C1CC[C@H]1[C@@H]3C[C@@H](O)[C@](O)(C(=O)CO)[C@@]3(C)C[C@H](O)[C@@]12F.C[C@]12C=CC(=O)C=C1CC[C@H]1[C@@H]3C[C@H]4O[C@@H](c5ccc(/C=C/c6cccc(N)c6)cc5)O[C@@]4(C(=O)CO)[C@@]3(C)C[C@H](O)[C@@]12F.C[C@]12C=CC(=O)C=C1CC[C@H]1[C@@H]3C[C@H]4O[C@H](c5ccc(/C=C/c6cccc(N)c6)cc5)O[C@@]4(C(=O)CO)[C@@]3(C)C[C@H](O)[C@@]12F. The Morgan fingerprint density at radius 1 is 0.443 bits per heavy atom. The van der Waals surface area contributed by atoms with Crippen LogP contribution in [-0.4, -0.2) is 184 Å². The minimum Gasteiger partial charge on any atom is -0.444 e. The summed E-state index contributed by atoms with van der Waals surface area (Å²) >= 11 is 0. The summed E-state index contributed by atoms with van der Waals surface area (Å²) in [5.74, 6) is -5.63. The van der Waals surface area contributed by atoms with Crippen LogP contribution in [0, 0.1) is 68.0 Å². The van der Waals surface area contributed by atoms with Gasteiger partial charge in [0.25, 0.3) is 0 Å². The number of carbonyl (C=O) groups is 8. The summed E-state index contributed by atoms with van der Waals surface area (Å²) < 4.78 is 83.2. The van der Waals surface area contributed by atoms with E-state index in [4.69, 9.17) is 35.2 Å². The van der Waals surface area contributed by atoms with Crippen LogP contribution >= 0.6 is 0 Å². The minimum atomic E-state index is -2.23. The van der Waals surface area contributed by atoms with Crippen LogP contribution in [0.15, 0.2) is 217 Å². The van der Waals surface area contributed by atoms with Crippen molar-refractivity contribution < 1.29 is 116 Å². The van der Waals surface area contributed by atoms with E-state index in [-0.39, 0.29) is 54.9 Å². The number of nitrogen functional groups attached to an aromatic ring is 2. The highest BCUT2D eigenvalue weighted by molar-refractivity contribution is 6.03. The largest absolute Gasteiger partial charge is 0.444 e. The first-order valence-electron chi connectivity index (χ1n) is 48.3. The summed E-state index contributed by atoms with van der Waals surface area (Å²) in [6.07, 6.45) is 19.6. The zero-order valence-corrected chi connectivity index (χ0v) is 80.0. The molecule has 738 valence electrons. The van der Waals surface area contributed by atoms with Crippen molar-refractivity contribution in [3.63, 3.8) is 0 Å². The van der Waals surface area contributed by atoms with Crippen LogP contribution in [0.2, 0.25) is 0 Å². The molecule has 0 bridgehead atoms. The molecule has 2 saturated heterocycles. The van der Waals surface area contributed by atoms with Crippen molar-refractivity contribution in [3.05, 3.63) is 267 Å². The monoisotopic (exact) mass is 1920 g/mol. The zero-order chi connectivity index (χ0) is 100. The van der Waals surface area contributed by atoms with Gasteiger partial charge in [0, 0.05) is 84.0 Å². The number of aliphatic hydroxyl groups is 8. The van der Waals surface area contributed by atoms with Crippen LogP contribution in [0.5, 0.6) is 0 Å².